The van der Waals surface area contributed by atoms with Crippen molar-refractivity contribution in [1.82, 2.24) is 5.32 Å². The zero-order chi connectivity index (χ0) is 17.4. The number of amides is 1. The van der Waals surface area contributed by atoms with Gasteiger partial charge in [0.15, 0.2) is 11.5 Å². The minimum atomic E-state index is -1.01. The van der Waals surface area contributed by atoms with Gasteiger partial charge in [0, 0.05) is 24.9 Å². The standard InChI is InChI=1S/C16H22N2O5/c1-6-7-17-14(19)11-8-10(18(20)21)9-12-13(11)23-16(5,22-12)15(2,3)4/h8-9H,6-7H2,1-5H3,(H,17,19). The van der Waals surface area contributed by atoms with E-state index in [0.29, 0.717) is 6.54 Å². The van der Waals surface area contributed by atoms with Crippen LogP contribution in [0.3, 0.4) is 0 Å². The summed E-state index contributed by atoms with van der Waals surface area (Å²) in [5.74, 6) is -0.946. The fraction of sp³-hybridized carbons (Fsp3) is 0.562. The van der Waals surface area contributed by atoms with Gasteiger partial charge in [-0.2, -0.15) is 0 Å². The SMILES string of the molecule is CCCNC(=O)c1cc([N+](=O)[O-])cc2c1OC(C)(C(C)(C)C)O2. The lowest BCUT2D eigenvalue weighted by Crippen LogP contribution is -2.47. The lowest BCUT2D eigenvalue weighted by atomic mass is 9.87. The summed E-state index contributed by atoms with van der Waals surface area (Å²) in [5, 5.41) is 13.8. The van der Waals surface area contributed by atoms with E-state index in [1.165, 1.54) is 12.1 Å². The van der Waals surface area contributed by atoms with Gasteiger partial charge in [0.05, 0.1) is 16.6 Å². The van der Waals surface area contributed by atoms with Crippen LogP contribution in [0.1, 0.15) is 51.4 Å². The Morgan fingerprint density at radius 1 is 1.35 bits per heavy atom. The van der Waals surface area contributed by atoms with Crippen molar-refractivity contribution >= 4 is 11.6 Å². The van der Waals surface area contributed by atoms with Crippen LogP contribution in [-0.2, 0) is 0 Å². The Morgan fingerprint density at radius 2 is 2.00 bits per heavy atom. The molecule has 0 spiro atoms. The molecule has 1 aliphatic heterocycles. The van der Waals surface area contributed by atoms with Gasteiger partial charge in [-0.3, -0.25) is 14.9 Å². The molecular formula is C16H22N2O5. The first kappa shape index (κ1) is 17.1. The van der Waals surface area contributed by atoms with Gasteiger partial charge in [0.25, 0.3) is 17.4 Å². The number of nitrogens with one attached hydrogen (secondary N) is 1. The molecule has 1 aromatic carbocycles. The summed E-state index contributed by atoms with van der Waals surface area (Å²) in [5.41, 5.74) is -0.472. The molecule has 1 amide bonds. The molecule has 0 fully saturated rings. The zero-order valence-corrected chi connectivity index (χ0v) is 14.1. The summed E-state index contributed by atoms with van der Waals surface area (Å²) in [7, 11) is 0. The van der Waals surface area contributed by atoms with Crippen LogP contribution in [0.2, 0.25) is 0 Å². The molecule has 0 saturated heterocycles. The molecule has 23 heavy (non-hydrogen) atoms. The number of hydrogen-bond donors (Lipinski definition) is 1. The van der Waals surface area contributed by atoms with Crippen LogP contribution in [0.5, 0.6) is 11.5 Å². The second kappa shape index (κ2) is 5.72. The Kier molecular flexibility index (Phi) is 4.24. The predicted molar refractivity (Wildman–Crippen MR) is 84.8 cm³/mol. The van der Waals surface area contributed by atoms with Crippen LogP contribution in [0.15, 0.2) is 12.1 Å². The van der Waals surface area contributed by atoms with Crippen molar-refractivity contribution in [3.63, 3.8) is 0 Å². The maximum Gasteiger partial charge on any atom is 0.274 e. The van der Waals surface area contributed by atoms with Crippen LogP contribution < -0.4 is 14.8 Å². The number of non-ortho nitro benzene ring substituents is 1. The van der Waals surface area contributed by atoms with Gasteiger partial charge in [-0.1, -0.05) is 27.7 Å². The van der Waals surface area contributed by atoms with Gasteiger partial charge in [0.2, 0.25) is 0 Å². The highest BCUT2D eigenvalue weighted by Gasteiger charge is 2.49. The quantitative estimate of drug-likeness (QED) is 0.678. The van der Waals surface area contributed by atoms with Crippen molar-refractivity contribution in [2.24, 2.45) is 5.41 Å². The number of fused-ring (bicyclic) bond motifs is 1. The molecule has 0 saturated carbocycles. The molecule has 1 unspecified atom stereocenters. The Bertz CT molecular complexity index is 651. The molecule has 1 aromatic rings. The van der Waals surface area contributed by atoms with E-state index in [0.717, 1.165) is 6.42 Å². The number of carbonyl (C=O) groups excluding carboxylic acids is 1. The average Bonchev–Trinajstić information content (AvgIpc) is 2.80. The second-order valence-electron chi connectivity index (χ2n) is 6.73. The van der Waals surface area contributed by atoms with Crippen molar-refractivity contribution in [1.29, 1.82) is 0 Å². The molecule has 1 atom stereocenters. The topological polar surface area (TPSA) is 90.7 Å². The van der Waals surface area contributed by atoms with E-state index in [9.17, 15) is 14.9 Å². The van der Waals surface area contributed by atoms with E-state index in [1.54, 1.807) is 6.92 Å². The van der Waals surface area contributed by atoms with Crippen LogP contribution >= 0.6 is 0 Å². The average molecular weight is 322 g/mol. The molecule has 1 heterocycles. The van der Waals surface area contributed by atoms with Gasteiger partial charge in [-0.05, 0) is 6.42 Å². The summed E-state index contributed by atoms with van der Waals surface area (Å²) in [6.45, 7) is 9.97. The first-order chi connectivity index (χ1) is 10.6. The Morgan fingerprint density at radius 3 is 2.52 bits per heavy atom. The van der Waals surface area contributed by atoms with E-state index in [4.69, 9.17) is 9.47 Å². The predicted octanol–water partition coefficient (Wildman–Crippen LogP) is 3.27. The van der Waals surface area contributed by atoms with Crippen LogP contribution in [-0.4, -0.2) is 23.2 Å². The third kappa shape index (κ3) is 3.09. The molecule has 1 aliphatic rings. The van der Waals surface area contributed by atoms with Crippen molar-refractivity contribution in [3.8, 4) is 11.5 Å². The van der Waals surface area contributed by atoms with E-state index in [-0.39, 0.29) is 22.7 Å². The van der Waals surface area contributed by atoms with Crippen LogP contribution in [0.25, 0.3) is 0 Å². The number of rotatable bonds is 4. The van der Waals surface area contributed by atoms with E-state index in [1.807, 2.05) is 27.7 Å². The zero-order valence-electron chi connectivity index (χ0n) is 14.1. The molecule has 0 aromatic heterocycles. The number of nitro groups is 1. The smallest absolute Gasteiger partial charge is 0.274 e. The van der Waals surface area contributed by atoms with Crippen LogP contribution in [0.4, 0.5) is 5.69 Å². The van der Waals surface area contributed by atoms with E-state index >= 15 is 0 Å². The molecular weight excluding hydrogens is 300 g/mol. The number of nitrogens with zero attached hydrogens (tertiary/aromatic N) is 1. The maximum atomic E-state index is 12.3. The monoisotopic (exact) mass is 322 g/mol. The molecule has 1 N–H and O–H groups in total. The Balaban J connectivity index is 2.50. The second-order valence-corrected chi connectivity index (χ2v) is 6.73. The summed E-state index contributed by atoms with van der Waals surface area (Å²) in [6.07, 6.45) is 0.764. The van der Waals surface area contributed by atoms with Gasteiger partial charge in [-0.15, -0.1) is 0 Å². The van der Waals surface area contributed by atoms with Crippen molar-refractivity contribution in [2.45, 2.75) is 46.8 Å². The molecule has 126 valence electrons. The first-order valence-electron chi connectivity index (χ1n) is 7.57. The van der Waals surface area contributed by atoms with Crippen molar-refractivity contribution in [2.75, 3.05) is 6.54 Å². The number of hydrogen-bond acceptors (Lipinski definition) is 5. The number of nitro benzene ring substituents is 1. The van der Waals surface area contributed by atoms with Gasteiger partial charge in [0.1, 0.15) is 0 Å². The Labute approximate surface area is 135 Å². The normalized spacial score (nSPS) is 19.5. The van der Waals surface area contributed by atoms with Gasteiger partial charge in [-0.25, -0.2) is 0 Å². The Hall–Kier alpha value is -2.31. The molecule has 2 rings (SSSR count). The number of benzene rings is 1. The van der Waals surface area contributed by atoms with Crippen molar-refractivity contribution in [3.05, 3.63) is 27.8 Å². The minimum Gasteiger partial charge on any atom is -0.448 e. The molecule has 0 aliphatic carbocycles. The minimum absolute atomic E-state index is 0.121. The largest absolute Gasteiger partial charge is 0.448 e. The molecule has 7 nitrogen and oxygen atoms in total. The summed E-state index contributed by atoms with van der Waals surface area (Å²) in [6, 6.07) is 2.52. The fourth-order valence-electron chi connectivity index (χ4n) is 2.11. The lowest BCUT2D eigenvalue weighted by molar-refractivity contribution is -0.385. The summed E-state index contributed by atoms with van der Waals surface area (Å²) < 4.78 is 11.8. The first-order valence-corrected chi connectivity index (χ1v) is 7.57. The lowest BCUT2D eigenvalue weighted by Gasteiger charge is -2.35. The molecule has 0 radical (unpaired) electrons. The van der Waals surface area contributed by atoms with E-state index in [2.05, 4.69) is 5.32 Å². The third-order valence-corrected chi connectivity index (χ3v) is 3.99. The van der Waals surface area contributed by atoms with Crippen LogP contribution in [0, 0.1) is 15.5 Å². The number of ether oxygens (including phenoxy) is 2. The van der Waals surface area contributed by atoms with Crippen molar-refractivity contribution < 1.29 is 19.2 Å². The molecule has 7 heteroatoms. The van der Waals surface area contributed by atoms with Gasteiger partial charge >= 0.3 is 0 Å². The van der Waals surface area contributed by atoms with Gasteiger partial charge < -0.3 is 14.8 Å². The highest BCUT2D eigenvalue weighted by atomic mass is 16.7. The maximum absolute atomic E-state index is 12.3. The summed E-state index contributed by atoms with van der Waals surface area (Å²) in [4.78, 5) is 22.9. The number of carbonyl (C=O) groups is 1. The third-order valence-electron chi connectivity index (χ3n) is 3.99. The fourth-order valence-corrected chi connectivity index (χ4v) is 2.11. The highest BCUT2D eigenvalue weighted by molar-refractivity contribution is 5.98. The van der Waals surface area contributed by atoms with E-state index < -0.39 is 22.0 Å². The highest BCUT2D eigenvalue weighted by Crippen LogP contribution is 2.49. The summed E-state index contributed by atoms with van der Waals surface area (Å²) >= 11 is 0. The molecule has 0 bridgehead atoms.